The predicted molar refractivity (Wildman–Crippen MR) is 114 cm³/mol. The summed E-state index contributed by atoms with van der Waals surface area (Å²) >= 11 is 1.38. The minimum atomic E-state index is -4.47. The normalized spacial score (nSPS) is 19.1. The molecule has 0 bridgehead atoms. The van der Waals surface area contributed by atoms with E-state index in [4.69, 9.17) is 10.7 Å². The van der Waals surface area contributed by atoms with Gasteiger partial charge in [-0.05, 0) is 30.2 Å². The van der Waals surface area contributed by atoms with E-state index in [2.05, 4.69) is 10.3 Å². The van der Waals surface area contributed by atoms with Crippen LogP contribution in [0.25, 0.3) is 11.3 Å². The lowest BCUT2D eigenvalue weighted by atomic mass is 9.88. The van der Waals surface area contributed by atoms with Crippen LogP contribution in [0.5, 0.6) is 0 Å². The van der Waals surface area contributed by atoms with Crippen LogP contribution >= 0.6 is 11.3 Å². The molecule has 0 saturated heterocycles. The van der Waals surface area contributed by atoms with Crippen LogP contribution in [0.4, 0.5) is 18.0 Å². The highest BCUT2D eigenvalue weighted by atomic mass is 32.1. The van der Waals surface area contributed by atoms with Gasteiger partial charge in [0.15, 0.2) is 0 Å². The van der Waals surface area contributed by atoms with E-state index in [1.54, 1.807) is 13.0 Å². The van der Waals surface area contributed by atoms with Crippen LogP contribution in [-0.2, 0) is 12.7 Å². The Bertz CT molecular complexity index is 1140. The lowest BCUT2D eigenvalue weighted by Crippen LogP contribution is -2.38. The SMILES string of the molecule is CC1=NC(=O)NC(c2cccc(C(F)(F)F)c2)C1c1nc(-c2ccc(CN)cc2)cs1. The summed E-state index contributed by atoms with van der Waals surface area (Å²) in [6.07, 6.45) is -4.47. The van der Waals surface area contributed by atoms with Crippen molar-refractivity contribution in [1.29, 1.82) is 0 Å². The highest BCUT2D eigenvalue weighted by molar-refractivity contribution is 7.10. The zero-order valence-corrected chi connectivity index (χ0v) is 17.3. The maximum absolute atomic E-state index is 13.2. The lowest BCUT2D eigenvalue weighted by Gasteiger charge is -2.30. The molecule has 2 unspecified atom stereocenters. The fraction of sp³-hybridized carbons (Fsp3) is 0.227. The highest BCUT2D eigenvalue weighted by Crippen LogP contribution is 2.39. The Morgan fingerprint density at radius 2 is 1.90 bits per heavy atom. The number of urea groups is 1. The van der Waals surface area contributed by atoms with Crippen molar-refractivity contribution in [2.75, 3.05) is 0 Å². The number of nitrogens with zero attached hydrogens (tertiary/aromatic N) is 2. The van der Waals surface area contributed by atoms with E-state index in [0.29, 0.717) is 22.8 Å². The number of rotatable bonds is 4. The summed E-state index contributed by atoms with van der Waals surface area (Å²) < 4.78 is 39.7. The molecule has 4 rings (SSSR count). The minimum Gasteiger partial charge on any atom is -0.328 e. The first-order chi connectivity index (χ1) is 14.8. The number of thiazole rings is 1. The van der Waals surface area contributed by atoms with E-state index in [9.17, 15) is 18.0 Å². The fourth-order valence-electron chi connectivity index (χ4n) is 3.60. The zero-order valence-electron chi connectivity index (χ0n) is 16.5. The maximum Gasteiger partial charge on any atom is 0.416 e. The van der Waals surface area contributed by atoms with E-state index in [1.807, 2.05) is 29.6 Å². The van der Waals surface area contributed by atoms with Gasteiger partial charge in [-0.1, -0.05) is 36.4 Å². The van der Waals surface area contributed by atoms with Crippen LogP contribution in [0, 0.1) is 0 Å². The van der Waals surface area contributed by atoms with Gasteiger partial charge in [0.2, 0.25) is 0 Å². The second-order valence-electron chi connectivity index (χ2n) is 7.25. The van der Waals surface area contributed by atoms with Crippen LogP contribution in [0.2, 0.25) is 0 Å². The molecule has 1 aliphatic rings. The Kier molecular flexibility index (Phi) is 5.63. The summed E-state index contributed by atoms with van der Waals surface area (Å²) in [5.74, 6) is -0.469. The first kappa shape index (κ1) is 21.2. The monoisotopic (exact) mass is 444 g/mol. The fourth-order valence-corrected chi connectivity index (χ4v) is 4.63. The molecule has 0 fully saturated rings. The third kappa shape index (κ3) is 4.38. The van der Waals surface area contributed by atoms with E-state index in [0.717, 1.165) is 29.0 Å². The molecule has 2 atom stereocenters. The van der Waals surface area contributed by atoms with Gasteiger partial charge >= 0.3 is 12.2 Å². The van der Waals surface area contributed by atoms with Gasteiger partial charge in [-0.15, -0.1) is 11.3 Å². The molecule has 0 aliphatic carbocycles. The molecule has 1 aromatic heterocycles. The van der Waals surface area contributed by atoms with Crippen LogP contribution < -0.4 is 11.1 Å². The van der Waals surface area contributed by atoms with Gasteiger partial charge in [0.1, 0.15) is 5.01 Å². The maximum atomic E-state index is 13.2. The smallest absolute Gasteiger partial charge is 0.328 e. The van der Waals surface area contributed by atoms with Crippen LogP contribution in [0.15, 0.2) is 58.9 Å². The molecule has 3 aromatic rings. The van der Waals surface area contributed by atoms with Crippen LogP contribution in [0.3, 0.4) is 0 Å². The first-order valence-corrected chi connectivity index (χ1v) is 10.4. The average Bonchev–Trinajstić information content (AvgIpc) is 3.22. The van der Waals surface area contributed by atoms with Crippen molar-refractivity contribution in [3.05, 3.63) is 75.6 Å². The van der Waals surface area contributed by atoms with E-state index >= 15 is 0 Å². The van der Waals surface area contributed by atoms with Crippen molar-refractivity contribution in [2.45, 2.75) is 31.6 Å². The third-order valence-corrected chi connectivity index (χ3v) is 6.11. The van der Waals surface area contributed by atoms with Crippen molar-refractivity contribution >= 4 is 23.1 Å². The molecular formula is C22H19F3N4OS. The summed E-state index contributed by atoms with van der Waals surface area (Å²) in [5.41, 5.74) is 8.39. The second-order valence-corrected chi connectivity index (χ2v) is 8.14. The molecule has 160 valence electrons. The molecule has 0 saturated carbocycles. The molecule has 0 spiro atoms. The molecule has 9 heteroatoms. The first-order valence-electron chi connectivity index (χ1n) is 9.54. The number of amides is 2. The quantitative estimate of drug-likeness (QED) is 0.573. The Hall–Kier alpha value is -3.04. The van der Waals surface area contributed by atoms with E-state index < -0.39 is 29.7 Å². The summed E-state index contributed by atoms with van der Waals surface area (Å²) in [6.45, 7) is 2.14. The number of hydrogen-bond donors (Lipinski definition) is 2. The molecule has 0 radical (unpaired) electrons. The van der Waals surface area contributed by atoms with Gasteiger partial charge in [0, 0.05) is 23.2 Å². The predicted octanol–water partition coefficient (Wildman–Crippen LogP) is 5.30. The Morgan fingerprint density at radius 1 is 1.16 bits per heavy atom. The second kappa shape index (κ2) is 8.24. The molecule has 2 amide bonds. The molecular weight excluding hydrogens is 425 g/mol. The number of benzene rings is 2. The topological polar surface area (TPSA) is 80.4 Å². The molecule has 3 N–H and O–H groups in total. The van der Waals surface area contributed by atoms with Crippen LogP contribution in [-0.4, -0.2) is 16.7 Å². The van der Waals surface area contributed by atoms with Gasteiger partial charge in [-0.25, -0.2) is 14.8 Å². The molecule has 2 aromatic carbocycles. The number of halogens is 3. The summed E-state index contributed by atoms with van der Waals surface area (Å²) in [5, 5.41) is 5.27. The Labute approximate surface area is 180 Å². The van der Waals surface area contributed by atoms with Crippen molar-refractivity contribution in [2.24, 2.45) is 10.7 Å². The summed E-state index contributed by atoms with van der Waals surface area (Å²) in [7, 11) is 0. The molecule has 5 nitrogen and oxygen atoms in total. The number of aliphatic imine (C=N–C) groups is 1. The van der Waals surface area contributed by atoms with Crippen molar-refractivity contribution < 1.29 is 18.0 Å². The number of alkyl halides is 3. The van der Waals surface area contributed by atoms with Crippen molar-refractivity contribution in [1.82, 2.24) is 10.3 Å². The largest absolute Gasteiger partial charge is 0.416 e. The van der Waals surface area contributed by atoms with E-state index in [-0.39, 0.29) is 0 Å². The molecule has 2 heterocycles. The highest BCUT2D eigenvalue weighted by Gasteiger charge is 2.37. The van der Waals surface area contributed by atoms with Crippen molar-refractivity contribution in [3.8, 4) is 11.3 Å². The number of carbonyl (C=O) groups excluding carboxylic acids is 1. The summed E-state index contributed by atoms with van der Waals surface area (Å²) in [6, 6.07) is 11.4. The lowest BCUT2D eigenvalue weighted by molar-refractivity contribution is -0.137. The Morgan fingerprint density at radius 3 is 2.58 bits per heavy atom. The van der Waals surface area contributed by atoms with Gasteiger partial charge in [0.25, 0.3) is 0 Å². The number of aromatic nitrogens is 1. The number of hydrogen-bond acceptors (Lipinski definition) is 4. The zero-order chi connectivity index (χ0) is 22.2. The van der Waals surface area contributed by atoms with E-state index in [1.165, 1.54) is 17.4 Å². The van der Waals surface area contributed by atoms with Gasteiger partial charge < -0.3 is 11.1 Å². The van der Waals surface area contributed by atoms with Gasteiger partial charge in [-0.2, -0.15) is 13.2 Å². The standard InChI is InChI=1S/C22H19F3N4OS/c1-12-18(20-28-17(11-31-20)14-7-5-13(10-26)6-8-14)19(29-21(30)27-12)15-3-2-4-16(9-15)22(23,24)25/h2-9,11,18-19H,10,26H2,1H3,(H,29,30). The number of nitrogens with one attached hydrogen (secondary N) is 1. The molecule has 1 aliphatic heterocycles. The van der Waals surface area contributed by atoms with Crippen molar-refractivity contribution in [3.63, 3.8) is 0 Å². The van der Waals surface area contributed by atoms with Gasteiger partial charge in [-0.3, -0.25) is 0 Å². The number of carbonyl (C=O) groups is 1. The number of nitrogens with two attached hydrogens (primary N) is 1. The minimum absolute atomic E-state index is 0.353. The van der Waals surface area contributed by atoms with Gasteiger partial charge in [0.05, 0.1) is 23.2 Å². The third-order valence-electron chi connectivity index (χ3n) is 5.19. The average molecular weight is 444 g/mol. The summed E-state index contributed by atoms with van der Waals surface area (Å²) in [4.78, 5) is 20.8. The Balaban J connectivity index is 1.72. The molecule has 31 heavy (non-hydrogen) atoms. The van der Waals surface area contributed by atoms with Crippen LogP contribution in [0.1, 0.15) is 40.6 Å².